The van der Waals surface area contributed by atoms with Crippen molar-refractivity contribution < 1.29 is 18.7 Å². The first-order chi connectivity index (χ1) is 8.59. The maximum absolute atomic E-state index is 12.2. The van der Waals surface area contributed by atoms with Gasteiger partial charge in [0.25, 0.3) is 0 Å². The molecule has 4 nitrogen and oxygen atoms in total. The molecule has 1 aromatic rings. The summed E-state index contributed by atoms with van der Waals surface area (Å²) in [5.74, 6) is -0.370. The number of esters is 1. The third-order valence-electron chi connectivity index (χ3n) is 3.53. The van der Waals surface area contributed by atoms with Gasteiger partial charge in [0.05, 0.1) is 18.4 Å². The fourth-order valence-electron chi connectivity index (χ4n) is 2.59. The molecule has 0 unspecified atom stereocenters. The first-order valence-electron chi connectivity index (χ1n) is 6.32. The predicted molar refractivity (Wildman–Crippen MR) is 64.7 cm³/mol. The number of rotatable bonds is 3. The molecule has 0 N–H and O–H groups in total. The third-order valence-corrected chi connectivity index (χ3v) is 3.53. The molecule has 1 aliphatic carbocycles. The van der Waals surface area contributed by atoms with Crippen molar-refractivity contribution in [2.24, 2.45) is 11.8 Å². The van der Waals surface area contributed by atoms with Crippen LogP contribution in [-0.2, 0) is 14.3 Å². The van der Waals surface area contributed by atoms with Crippen molar-refractivity contribution in [1.29, 1.82) is 0 Å². The van der Waals surface area contributed by atoms with Crippen LogP contribution in [0.5, 0.6) is 0 Å². The van der Waals surface area contributed by atoms with E-state index in [1.54, 1.807) is 12.3 Å². The fourth-order valence-corrected chi connectivity index (χ4v) is 2.59. The Bertz CT molecular complexity index is 421. The minimum absolute atomic E-state index is 0.0497. The second-order valence-corrected chi connectivity index (χ2v) is 4.93. The first-order valence-corrected chi connectivity index (χ1v) is 6.32. The topological polar surface area (TPSA) is 56.5 Å². The standard InChI is InChI=1S/C14H18O4/c1-9-4-3-5-12(13(9)16)14(18-10(2)15)11-6-7-17-8-11/h6-9,12,14H,3-5H2,1-2H3/t9-,12+,14+/m0/s1. The van der Waals surface area contributed by atoms with E-state index in [0.29, 0.717) is 0 Å². The molecule has 0 spiro atoms. The normalized spacial score (nSPS) is 25.8. The number of Topliss-reactive ketones (excluding diaryl/α,β-unsaturated/α-hetero) is 1. The SMILES string of the molecule is CC(=O)O[C@H](c1ccoc1)[C@@H]1CCC[C@H](C)C1=O. The molecule has 0 bridgehead atoms. The van der Waals surface area contributed by atoms with Crippen molar-refractivity contribution >= 4 is 11.8 Å². The summed E-state index contributed by atoms with van der Waals surface area (Å²) in [6.07, 6.45) is 5.26. The molecule has 1 saturated carbocycles. The maximum Gasteiger partial charge on any atom is 0.303 e. The van der Waals surface area contributed by atoms with E-state index in [0.717, 1.165) is 24.8 Å². The molecule has 98 valence electrons. The number of ketones is 1. The number of furan rings is 1. The minimum Gasteiger partial charge on any atom is -0.472 e. The van der Waals surface area contributed by atoms with E-state index in [-0.39, 0.29) is 23.6 Å². The van der Waals surface area contributed by atoms with Crippen LogP contribution in [0, 0.1) is 11.8 Å². The van der Waals surface area contributed by atoms with E-state index in [1.165, 1.54) is 13.2 Å². The van der Waals surface area contributed by atoms with E-state index >= 15 is 0 Å². The zero-order valence-electron chi connectivity index (χ0n) is 10.7. The molecule has 1 heterocycles. The van der Waals surface area contributed by atoms with Crippen molar-refractivity contribution in [1.82, 2.24) is 0 Å². The molecule has 1 aromatic heterocycles. The van der Waals surface area contributed by atoms with Gasteiger partial charge in [-0.3, -0.25) is 9.59 Å². The molecule has 0 amide bonds. The van der Waals surface area contributed by atoms with Gasteiger partial charge in [-0.25, -0.2) is 0 Å². The van der Waals surface area contributed by atoms with Crippen LogP contribution in [0.3, 0.4) is 0 Å². The molecule has 0 saturated heterocycles. The average Bonchev–Trinajstić information content (AvgIpc) is 2.83. The lowest BCUT2D eigenvalue weighted by molar-refractivity contribution is -0.153. The lowest BCUT2D eigenvalue weighted by atomic mass is 9.77. The highest BCUT2D eigenvalue weighted by Crippen LogP contribution is 2.37. The Labute approximate surface area is 106 Å². The van der Waals surface area contributed by atoms with E-state index in [1.807, 2.05) is 6.92 Å². The van der Waals surface area contributed by atoms with Gasteiger partial charge >= 0.3 is 5.97 Å². The second-order valence-electron chi connectivity index (χ2n) is 4.93. The lowest BCUT2D eigenvalue weighted by Crippen LogP contribution is -2.33. The van der Waals surface area contributed by atoms with Gasteiger partial charge in [-0.05, 0) is 18.9 Å². The van der Waals surface area contributed by atoms with Crippen LogP contribution in [0.4, 0.5) is 0 Å². The molecule has 0 aromatic carbocycles. The Hall–Kier alpha value is -1.58. The summed E-state index contributed by atoms with van der Waals surface area (Å²) in [6.45, 7) is 3.30. The highest BCUT2D eigenvalue weighted by atomic mass is 16.5. The predicted octanol–water partition coefficient (Wildman–Crippen LogP) is 2.89. The third kappa shape index (κ3) is 2.63. The molecule has 1 fully saturated rings. The Morgan fingerprint density at radius 2 is 2.28 bits per heavy atom. The van der Waals surface area contributed by atoms with Crippen LogP contribution in [0.2, 0.25) is 0 Å². The maximum atomic E-state index is 12.2. The Kier molecular flexibility index (Phi) is 3.84. The van der Waals surface area contributed by atoms with Crippen LogP contribution >= 0.6 is 0 Å². The summed E-state index contributed by atoms with van der Waals surface area (Å²) in [7, 11) is 0. The summed E-state index contributed by atoms with van der Waals surface area (Å²) >= 11 is 0. The minimum atomic E-state index is -0.503. The van der Waals surface area contributed by atoms with Gasteiger partial charge < -0.3 is 9.15 Å². The molecule has 18 heavy (non-hydrogen) atoms. The summed E-state index contributed by atoms with van der Waals surface area (Å²) in [5, 5.41) is 0. The molecular weight excluding hydrogens is 232 g/mol. The summed E-state index contributed by atoms with van der Waals surface area (Å²) in [5.41, 5.74) is 0.762. The van der Waals surface area contributed by atoms with Crippen LogP contribution < -0.4 is 0 Å². The van der Waals surface area contributed by atoms with Gasteiger partial charge in [0, 0.05) is 18.4 Å². The number of hydrogen-bond acceptors (Lipinski definition) is 4. The van der Waals surface area contributed by atoms with Gasteiger partial charge in [-0.2, -0.15) is 0 Å². The van der Waals surface area contributed by atoms with Crippen LogP contribution in [0.15, 0.2) is 23.0 Å². The molecule has 1 aliphatic rings. The van der Waals surface area contributed by atoms with E-state index in [2.05, 4.69) is 0 Å². The number of carbonyl (C=O) groups is 2. The zero-order chi connectivity index (χ0) is 13.1. The van der Waals surface area contributed by atoms with Gasteiger partial charge in [-0.1, -0.05) is 13.3 Å². The Morgan fingerprint density at radius 3 is 2.89 bits per heavy atom. The van der Waals surface area contributed by atoms with Crippen LogP contribution in [-0.4, -0.2) is 11.8 Å². The second kappa shape index (κ2) is 5.38. The van der Waals surface area contributed by atoms with Crippen LogP contribution in [0.1, 0.15) is 44.8 Å². The van der Waals surface area contributed by atoms with Crippen molar-refractivity contribution in [3.63, 3.8) is 0 Å². The Balaban J connectivity index is 2.23. The molecule has 2 rings (SSSR count). The van der Waals surface area contributed by atoms with E-state index in [4.69, 9.17) is 9.15 Å². The largest absolute Gasteiger partial charge is 0.472 e. The molecule has 0 radical (unpaired) electrons. The average molecular weight is 250 g/mol. The number of ether oxygens (including phenoxy) is 1. The fraction of sp³-hybridized carbons (Fsp3) is 0.571. The van der Waals surface area contributed by atoms with Crippen molar-refractivity contribution in [3.8, 4) is 0 Å². The van der Waals surface area contributed by atoms with E-state index < -0.39 is 6.10 Å². The molecule has 3 atom stereocenters. The Morgan fingerprint density at radius 1 is 1.50 bits per heavy atom. The van der Waals surface area contributed by atoms with Crippen molar-refractivity contribution in [2.45, 2.75) is 39.2 Å². The van der Waals surface area contributed by atoms with Gasteiger partial charge in [-0.15, -0.1) is 0 Å². The van der Waals surface area contributed by atoms with Crippen molar-refractivity contribution in [2.75, 3.05) is 0 Å². The number of hydrogen-bond donors (Lipinski definition) is 0. The van der Waals surface area contributed by atoms with Gasteiger partial charge in [0.2, 0.25) is 0 Å². The van der Waals surface area contributed by atoms with Gasteiger partial charge in [0.15, 0.2) is 0 Å². The zero-order valence-corrected chi connectivity index (χ0v) is 10.7. The summed E-state index contributed by atoms with van der Waals surface area (Å²) < 4.78 is 10.4. The molecule has 0 aliphatic heterocycles. The quantitative estimate of drug-likeness (QED) is 0.774. The highest BCUT2D eigenvalue weighted by molar-refractivity contribution is 5.84. The monoisotopic (exact) mass is 250 g/mol. The smallest absolute Gasteiger partial charge is 0.303 e. The highest BCUT2D eigenvalue weighted by Gasteiger charge is 2.37. The molecule has 4 heteroatoms. The number of carbonyl (C=O) groups excluding carboxylic acids is 2. The lowest BCUT2D eigenvalue weighted by Gasteiger charge is -2.30. The van der Waals surface area contributed by atoms with Crippen LogP contribution in [0.25, 0.3) is 0 Å². The molecular formula is C14H18O4. The summed E-state index contributed by atoms with van der Waals surface area (Å²) in [6, 6.07) is 1.75. The first kappa shape index (κ1) is 12.9. The van der Waals surface area contributed by atoms with Crippen molar-refractivity contribution in [3.05, 3.63) is 24.2 Å². The summed E-state index contributed by atoms with van der Waals surface area (Å²) in [4.78, 5) is 23.4. The van der Waals surface area contributed by atoms with E-state index in [9.17, 15) is 9.59 Å². The van der Waals surface area contributed by atoms with Gasteiger partial charge in [0.1, 0.15) is 11.9 Å².